The lowest BCUT2D eigenvalue weighted by Gasteiger charge is -2.17. The highest BCUT2D eigenvalue weighted by atomic mass is 16.7. The number of rotatable bonds is 8. The Morgan fingerprint density at radius 3 is 3.06 bits per heavy atom. The fourth-order valence-electron chi connectivity index (χ4n) is 1.18. The predicted octanol–water partition coefficient (Wildman–Crippen LogP) is 1.57. The van der Waals surface area contributed by atoms with E-state index < -0.39 is 0 Å². The van der Waals surface area contributed by atoms with Crippen LogP contribution in [0, 0.1) is 0 Å². The van der Waals surface area contributed by atoms with Crippen molar-refractivity contribution in [2.24, 2.45) is 5.11 Å². The maximum atomic E-state index is 8.10. The summed E-state index contributed by atoms with van der Waals surface area (Å²) < 4.78 is 12.7. The van der Waals surface area contributed by atoms with Crippen molar-refractivity contribution in [3.05, 3.63) is 29.2 Å². The molecule has 0 N–H and O–H groups in total. The van der Waals surface area contributed by atoms with Crippen LogP contribution in [0.1, 0.15) is 6.92 Å². The van der Waals surface area contributed by atoms with Gasteiger partial charge in [-0.05, 0) is 12.5 Å². The number of aromatic nitrogens is 2. The monoisotopic (exact) mass is 225 g/mol. The molecule has 0 saturated carbocycles. The molecular weight excluding hydrogens is 210 g/mol. The molecule has 1 atom stereocenters. The molecule has 0 aromatic carbocycles. The lowest BCUT2D eigenvalue weighted by molar-refractivity contribution is -0.144. The first kappa shape index (κ1) is 12.5. The Balaban J connectivity index is 2.32. The van der Waals surface area contributed by atoms with Crippen molar-refractivity contribution in [3.63, 3.8) is 0 Å². The van der Waals surface area contributed by atoms with Crippen molar-refractivity contribution in [1.29, 1.82) is 0 Å². The van der Waals surface area contributed by atoms with Crippen LogP contribution >= 0.6 is 0 Å². The van der Waals surface area contributed by atoms with Gasteiger partial charge in [-0.2, -0.15) is 0 Å². The van der Waals surface area contributed by atoms with Gasteiger partial charge in [-0.15, -0.1) is 0 Å². The standard InChI is InChI=1S/C9H15N5O2/c1-2-15-9(16-6-4-12-13-10)7-14-5-3-11-8-14/h3,5,8-9H,2,4,6-7H2,1H3. The third-order valence-corrected chi connectivity index (χ3v) is 1.83. The summed E-state index contributed by atoms with van der Waals surface area (Å²) in [6.07, 6.45) is 4.89. The van der Waals surface area contributed by atoms with Crippen molar-refractivity contribution in [2.75, 3.05) is 19.8 Å². The Bertz CT molecular complexity index is 321. The number of hydrogen-bond acceptors (Lipinski definition) is 4. The molecule has 1 unspecified atom stereocenters. The van der Waals surface area contributed by atoms with E-state index >= 15 is 0 Å². The highest BCUT2D eigenvalue weighted by Crippen LogP contribution is 2.00. The van der Waals surface area contributed by atoms with Gasteiger partial charge in [0.1, 0.15) is 0 Å². The molecule has 88 valence electrons. The molecule has 0 aliphatic heterocycles. The molecule has 1 rings (SSSR count). The molecule has 0 saturated heterocycles. The summed E-state index contributed by atoms with van der Waals surface area (Å²) in [5.74, 6) is 0. The van der Waals surface area contributed by atoms with E-state index in [1.807, 2.05) is 17.7 Å². The second-order valence-electron chi connectivity index (χ2n) is 2.97. The van der Waals surface area contributed by atoms with Crippen molar-refractivity contribution in [3.8, 4) is 0 Å². The zero-order valence-corrected chi connectivity index (χ0v) is 9.19. The third kappa shape index (κ3) is 4.79. The van der Waals surface area contributed by atoms with Gasteiger partial charge in [0.05, 0.1) is 19.5 Å². The zero-order valence-electron chi connectivity index (χ0n) is 9.19. The first-order valence-corrected chi connectivity index (χ1v) is 5.06. The normalized spacial score (nSPS) is 12.1. The lowest BCUT2D eigenvalue weighted by Crippen LogP contribution is -2.24. The fourth-order valence-corrected chi connectivity index (χ4v) is 1.18. The van der Waals surface area contributed by atoms with E-state index in [4.69, 9.17) is 15.0 Å². The lowest BCUT2D eigenvalue weighted by atomic mass is 10.5. The van der Waals surface area contributed by atoms with E-state index in [0.717, 1.165) is 0 Å². The molecule has 1 aromatic heterocycles. The summed E-state index contributed by atoms with van der Waals surface area (Å²) in [6, 6.07) is 0. The smallest absolute Gasteiger partial charge is 0.175 e. The van der Waals surface area contributed by atoms with Gasteiger partial charge < -0.3 is 14.0 Å². The van der Waals surface area contributed by atoms with E-state index in [9.17, 15) is 0 Å². The Morgan fingerprint density at radius 1 is 1.56 bits per heavy atom. The third-order valence-electron chi connectivity index (χ3n) is 1.83. The average Bonchev–Trinajstić information content (AvgIpc) is 2.77. The fraction of sp³-hybridized carbons (Fsp3) is 0.667. The minimum Gasteiger partial charge on any atom is -0.351 e. The van der Waals surface area contributed by atoms with E-state index in [-0.39, 0.29) is 6.29 Å². The molecule has 7 heteroatoms. The number of nitrogens with zero attached hydrogens (tertiary/aromatic N) is 5. The molecule has 0 aliphatic carbocycles. The minimum absolute atomic E-state index is 0.310. The second-order valence-corrected chi connectivity index (χ2v) is 2.97. The number of hydrogen-bond donors (Lipinski definition) is 0. The Kier molecular flexibility index (Phi) is 6.02. The van der Waals surface area contributed by atoms with Gasteiger partial charge >= 0.3 is 0 Å². The largest absolute Gasteiger partial charge is 0.351 e. The predicted molar refractivity (Wildman–Crippen MR) is 57.6 cm³/mol. The second kappa shape index (κ2) is 7.70. The summed E-state index contributed by atoms with van der Waals surface area (Å²) in [7, 11) is 0. The number of imidazole rings is 1. The summed E-state index contributed by atoms with van der Waals surface area (Å²) in [4.78, 5) is 6.57. The van der Waals surface area contributed by atoms with E-state index in [1.54, 1.807) is 12.5 Å². The molecule has 7 nitrogen and oxygen atoms in total. The molecule has 0 radical (unpaired) electrons. The number of azide groups is 1. The van der Waals surface area contributed by atoms with Crippen LogP contribution in [-0.4, -0.2) is 35.6 Å². The van der Waals surface area contributed by atoms with E-state index in [0.29, 0.717) is 26.3 Å². The maximum absolute atomic E-state index is 8.10. The first-order valence-electron chi connectivity index (χ1n) is 5.06. The van der Waals surface area contributed by atoms with Crippen LogP contribution < -0.4 is 0 Å². The Labute approximate surface area is 93.6 Å². The van der Waals surface area contributed by atoms with Crippen molar-refractivity contribution >= 4 is 0 Å². The van der Waals surface area contributed by atoms with Gasteiger partial charge in [-0.25, -0.2) is 4.98 Å². The quantitative estimate of drug-likeness (QED) is 0.221. The average molecular weight is 225 g/mol. The van der Waals surface area contributed by atoms with Gasteiger partial charge in [0.25, 0.3) is 0 Å². The highest BCUT2D eigenvalue weighted by Gasteiger charge is 2.08. The van der Waals surface area contributed by atoms with E-state index in [1.165, 1.54) is 0 Å². The van der Waals surface area contributed by atoms with E-state index in [2.05, 4.69) is 15.0 Å². The van der Waals surface area contributed by atoms with Gasteiger partial charge in [0.15, 0.2) is 6.29 Å². The Morgan fingerprint density at radius 2 is 2.44 bits per heavy atom. The molecule has 0 spiro atoms. The molecule has 16 heavy (non-hydrogen) atoms. The SMILES string of the molecule is CCOC(Cn1ccnc1)OCCN=[N+]=[N-]. The van der Waals surface area contributed by atoms with Crippen molar-refractivity contribution in [2.45, 2.75) is 19.8 Å². The molecule has 1 heterocycles. The molecule has 0 amide bonds. The van der Waals surface area contributed by atoms with Crippen LogP contribution in [0.3, 0.4) is 0 Å². The van der Waals surface area contributed by atoms with Gasteiger partial charge in [-0.1, -0.05) is 5.11 Å². The van der Waals surface area contributed by atoms with Crippen LogP contribution in [0.2, 0.25) is 0 Å². The van der Waals surface area contributed by atoms with Crippen molar-refractivity contribution < 1.29 is 9.47 Å². The van der Waals surface area contributed by atoms with Crippen molar-refractivity contribution in [1.82, 2.24) is 9.55 Å². The number of ether oxygens (including phenoxy) is 2. The maximum Gasteiger partial charge on any atom is 0.175 e. The van der Waals surface area contributed by atoms with Crippen LogP contribution in [-0.2, 0) is 16.0 Å². The summed E-state index contributed by atoms with van der Waals surface area (Å²) in [5, 5.41) is 3.38. The minimum atomic E-state index is -0.340. The molecule has 1 aromatic rings. The first-order chi connectivity index (χ1) is 7.86. The highest BCUT2D eigenvalue weighted by molar-refractivity contribution is 4.74. The van der Waals surface area contributed by atoms with Crippen LogP contribution in [0.25, 0.3) is 10.4 Å². The molecule has 0 fully saturated rings. The molecule has 0 aliphatic rings. The summed E-state index contributed by atoms with van der Waals surface area (Å²) in [6.45, 7) is 3.70. The van der Waals surface area contributed by atoms with Gasteiger partial charge in [-0.3, -0.25) is 0 Å². The summed E-state index contributed by atoms with van der Waals surface area (Å²) >= 11 is 0. The van der Waals surface area contributed by atoms with Gasteiger partial charge in [0, 0.05) is 30.5 Å². The van der Waals surface area contributed by atoms with Crippen LogP contribution in [0.4, 0.5) is 0 Å². The summed E-state index contributed by atoms with van der Waals surface area (Å²) in [5.41, 5.74) is 8.10. The van der Waals surface area contributed by atoms with Crippen LogP contribution in [0.5, 0.6) is 0 Å². The van der Waals surface area contributed by atoms with Gasteiger partial charge in [0.2, 0.25) is 0 Å². The van der Waals surface area contributed by atoms with Crippen LogP contribution in [0.15, 0.2) is 23.8 Å². The Hall–Kier alpha value is -1.56. The molecule has 0 bridgehead atoms. The topological polar surface area (TPSA) is 85.0 Å². The molecular formula is C9H15N5O2. The zero-order chi connectivity index (χ0) is 11.6.